The minimum absolute atomic E-state index is 0.336. The number of para-hydroxylation sites is 1. The first-order valence-corrected chi connectivity index (χ1v) is 7.77. The van der Waals surface area contributed by atoms with Crippen LogP contribution in [0.15, 0.2) is 53.0 Å². The SMILES string of the molecule is O=C(O)c1ccccc1NC1CC(c2cccc(Br)c2)C1. The van der Waals surface area contributed by atoms with Gasteiger partial charge in [0.15, 0.2) is 0 Å². The van der Waals surface area contributed by atoms with Crippen LogP contribution >= 0.6 is 15.9 Å². The summed E-state index contributed by atoms with van der Waals surface area (Å²) in [7, 11) is 0. The normalized spacial score (nSPS) is 20.6. The molecule has 1 fully saturated rings. The standard InChI is InChI=1S/C17H16BrNO2/c18-13-5-3-4-11(8-13)12-9-14(10-12)19-16-7-2-1-6-15(16)17(20)21/h1-8,12,14,19H,9-10H2,(H,20,21). The minimum Gasteiger partial charge on any atom is -0.478 e. The van der Waals surface area contributed by atoms with E-state index in [9.17, 15) is 9.90 Å². The van der Waals surface area contributed by atoms with E-state index >= 15 is 0 Å². The number of anilines is 1. The number of benzene rings is 2. The molecule has 2 aromatic rings. The molecule has 2 aromatic carbocycles. The molecule has 0 aliphatic heterocycles. The average molecular weight is 346 g/mol. The monoisotopic (exact) mass is 345 g/mol. The van der Waals surface area contributed by atoms with Gasteiger partial charge in [0, 0.05) is 16.2 Å². The molecule has 2 N–H and O–H groups in total. The van der Waals surface area contributed by atoms with Gasteiger partial charge in [-0.25, -0.2) is 4.79 Å². The van der Waals surface area contributed by atoms with Crippen molar-refractivity contribution in [2.75, 3.05) is 5.32 Å². The summed E-state index contributed by atoms with van der Waals surface area (Å²) in [6, 6.07) is 15.8. The Hall–Kier alpha value is -1.81. The van der Waals surface area contributed by atoms with Crippen LogP contribution in [0.3, 0.4) is 0 Å². The van der Waals surface area contributed by atoms with Gasteiger partial charge >= 0.3 is 5.97 Å². The summed E-state index contributed by atoms with van der Waals surface area (Å²) in [5, 5.41) is 12.5. The molecule has 108 valence electrons. The summed E-state index contributed by atoms with van der Waals surface area (Å²) >= 11 is 3.50. The Kier molecular flexibility index (Phi) is 3.97. The zero-order valence-corrected chi connectivity index (χ0v) is 13.0. The van der Waals surface area contributed by atoms with E-state index in [0.717, 1.165) is 17.3 Å². The fraction of sp³-hybridized carbons (Fsp3) is 0.235. The van der Waals surface area contributed by atoms with E-state index in [1.807, 2.05) is 18.2 Å². The zero-order chi connectivity index (χ0) is 14.8. The van der Waals surface area contributed by atoms with Crippen LogP contribution in [-0.4, -0.2) is 17.1 Å². The smallest absolute Gasteiger partial charge is 0.337 e. The van der Waals surface area contributed by atoms with Gasteiger partial charge in [-0.3, -0.25) is 0 Å². The molecule has 4 heteroatoms. The summed E-state index contributed by atoms with van der Waals surface area (Å²) in [6.45, 7) is 0. The molecule has 21 heavy (non-hydrogen) atoms. The molecule has 1 aliphatic carbocycles. The van der Waals surface area contributed by atoms with Gasteiger partial charge in [0.25, 0.3) is 0 Å². The van der Waals surface area contributed by atoms with E-state index in [4.69, 9.17) is 0 Å². The molecule has 0 bridgehead atoms. The Bertz CT molecular complexity index is 665. The highest BCUT2D eigenvalue weighted by atomic mass is 79.9. The van der Waals surface area contributed by atoms with Crippen molar-refractivity contribution in [3.8, 4) is 0 Å². The molecule has 0 unspecified atom stereocenters. The van der Waals surface area contributed by atoms with Gasteiger partial charge in [-0.2, -0.15) is 0 Å². The van der Waals surface area contributed by atoms with Gasteiger partial charge in [0.1, 0.15) is 0 Å². The number of carbonyl (C=O) groups is 1. The lowest BCUT2D eigenvalue weighted by Crippen LogP contribution is -2.34. The van der Waals surface area contributed by atoms with Crippen molar-refractivity contribution in [3.63, 3.8) is 0 Å². The van der Waals surface area contributed by atoms with Crippen molar-refractivity contribution in [3.05, 3.63) is 64.1 Å². The van der Waals surface area contributed by atoms with Crippen LogP contribution in [0.25, 0.3) is 0 Å². The summed E-state index contributed by atoms with van der Waals surface area (Å²) in [4.78, 5) is 11.2. The number of halogens is 1. The third kappa shape index (κ3) is 3.10. The van der Waals surface area contributed by atoms with Gasteiger partial charge in [-0.1, -0.05) is 40.2 Å². The lowest BCUT2D eigenvalue weighted by molar-refractivity contribution is 0.0698. The second-order valence-electron chi connectivity index (χ2n) is 5.42. The fourth-order valence-corrected chi connectivity index (χ4v) is 3.20. The first-order valence-electron chi connectivity index (χ1n) is 6.98. The Morgan fingerprint density at radius 3 is 2.62 bits per heavy atom. The molecule has 3 rings (SSSR count). The molecular formula is C17H16BrNO2. The molecule has 0 saturated heterocycles. The Balaban J connectivity index is 1.64. The molecule has 0 amide bonds. The summed E-state index contributed by atoms with van der Waals surface area (Å²) in [5.74, 6) is -0.335. The van der Waals surface area contributed by atoms with Gasteiger partial charge in [0.2, 0.25) is 0 Å². The number of carboxylic acids is 1. The maximum Gasteiger partial charge on any atom is 0.337 e. The number of nitrogens with one attached hydrogen (secondary N) is 1. The average Bonchev–Trinajstić information content (AvgIpc) is 2.42. The van der Waals surface area contributed by atoms with Crippen molar-refractivity contribution < 1.29 is 9.90 Å². The molecule has 0 aromatic heterocycles. The third-order valence-corrected chi connectivity index (χ3v) is 4.47. The van der Waals surface area contributed by atoms with Crippen molar-refractivity contribution in [2.45, 2.75) is 24.8 Å². The molecular weight excluding hydrogens is 330 g/mol. The van der Waals surface area contributed by atoms with E-state index in [2.05, 4.69) is 39.4 Å². The van der Waals surface area contributed by atoms with Crippen LogP contribution in [0.1, 0.15) is 34.7 Å². The van der Waals surface area contributed by atoms with Gasteiger partial charge in [-0.05, 0) is 48.6 Å². The van der Waals surface area contributed by atoms with Crippen LogP contribution in [0.2, 0.25) is 0 Å². The van der Waals surface area contributed by atoms with Crippen LogP contribution in [-0.2, 0) is 0 Å². The zero-order valence-electron chi connectivity index (χ0n) is 11.4. The molecule has 0 heterocycles. The lowest BCUT2D eigenvalue weighted by atomic mass is 9.76. The van der Waals surface area contributed by atoms with Crippen LogP contribution in [0, 0.1) is 0 Å². The highest BCUT2D eigenvalue weighted by Gasteiger charge is 2.30. The molecule has 1 saturated carbocycles. The third-order valence-electron chi connectivity index (χ3n) is 3.98. The number of rotatable bonds is 4. The Labute approximate surface area is 132 Å². The fourth-order valence-electron chi connectivity index (χ4n) is 2.78. The largest absolute Gasteiger partial charge is 0.478 e. The van der Waals surface area contributed by atoms with Crippen LogP contribution in [0.5, 0.6) is 0 Å². The molecule has 0 radical (unpaired) electrons. The second kappa shape index (κ2) is 5.90. The topological polar surface area (TPSA) is 49.3 Å². The maximum atomic E-state index is 11.2. The number of aromatic carboxylic acids is 1. The highest BCUT2D eigenvalue weighted by Crippen LogP contribution is 2.39. The van der Waals surface area contributed by atoms with Crippen molar-refractivity contribution >= 4 is 27.6 Å². The maximum absolute atomic E-state index is 11.2. The van der Waals surface area contributed by atoms with E-state index in [1.165, 1.54) is 5.56 Å². The molecule has 1 aliphatic rings. The predicted molar refractivity (Wildman–Crippen MR) is 86.9 cm³/mol. The first kappa shape index (κ1) is 14.1. The summed E-state index contributed by atoms with van der Waals surface area (Å²) in [6.07, 6.45) is 2.06. The summed E-state index contributed by atoms with van der Waals surface area (Å²) < 4.78 is 1.10. The highest BCUT2D eigenvalue weighted by molar-refractivity contribution is 9.10. The quantitative estimate of drug-likeness (QED) is 0.857. The second-order valence-corrected chi connectivity index (χ2v) is 6.33. The number of carboxylic acid groups (broad SMARTS) is 1. The lowest BCUT2D eigenvalue weighted by Gasteiger charge is -2.37. The molecule has 0 spiro atoms. The van der Waals surface area contributed by atoms with Crippen molar-refractivity contribution in [1.29, 1.82) is 0 Å². The molecule has 3 nitrogen and oxygen atoms in total. The van der Waals surface area contributed by atoms with Crippen LogP contribution < -0.4 is 5.32 Å². The van der Waals surface area contributed by atoms with Crippen LogP contribution in [0.4, 0.5) is 5.69 Å². The van der Waals surface area contributed by atoms with Gasteiger partial charge in [-0.15, -0.1) is 0 Å². The Morgan fingerprint density at radius 2 is 1.90 bits per heavy atom. The Morgan fingerprint density at radius 1 is 1.14 bits per heavy atom. The minimum atomic E-state index is -0.888. The van der Waals surface area contributed by atoms with Gasteiger partial charge in [0.05, 0.1) is 5.56 Å². The summed E-state index contributed by atoms with van der Waals surface area (Å²) in [5.41, 5.74) is 2.39. The first-order chi connectivity index (χ1) is 10.1. The van der Waals surface area contributed by atoms with Crippen molar-refractivity contribution in [1.82, 2.24) is 0 Å². The van der Waals surface area contributed by atoms with E-state index in [1.54, 1.807) is 12.1 Å². The molecule has 0 atom stereocenters. The van der Waals surface area contributed by atoms with E-state index < -0.39 is 5.97 Å². The van der Waals surface area contributed by atoms with E-state index in [-0.39, 0.29) is 0 Å². The van der Waals surface area contributed by atoms with Gasteiger partial charge < -0.3 is 10.4 Å². The number of hydrogen-bond acceptors (Lipinski definition) is 2. The van der Waals surface area contributed by atoms with Crippen molar-refractivity contribution in [2.24, 2.45) is 0 Å². The predicted octanol–water partition coefficient (Wildman–Crippen LogP) is 4.51. The van der Waals surface area contributed by atoms with E-state index in [0.29, 0.717) is 23.2 Å². The number of hydrogen-bond donors (Lipinski definition) is 2.